The van der Waals surface area contributed by atoms with Crippen molar-refractivity contribution in [2.24, 2.45) is 0 Å². The Labute approximate surface area is 169 Å². The third kappa shape index (κ3) is 4.01. The lowest BCUT2D eigenvalue weighted by Crippen LogP contribution is -2.45. The number of rotatable bonds is 5. The second-order valence-electron chi connectivity index (χ2n) is 7.37. The van der Waals surface area contributed by atoms with Crippen LogP contribution in [0.4, 0.5) is 0 Å². The van der Waals surface area contributed by atoms with Crippen LogP contribution in [0.2, 0.25) is 0 Å². The van der Waals surface area contributed by atoms with Crippen LogP contribution in [0.5, 0.6) is 0 Å². The number of hydrogen-bond acceptors (Lipinski definition) is 4. The highest BCUT2D eigenvalue weighted by Crippen LogP contribution is 2.25. The van der Waals surface area contributed by atoms with Gasteiger partial charge in [0.15, 0.2) is 6.61 Å². The fourth-order valence-corrected chi connectivity index (χ4v) is 3.99. The Hall–Kier alpha value is -3.15. The van der Waals surface area contributed by atoms with Crippen molar-refractivity contribution in [3.63, 3.8) is 0 Å². The van der Waals surface area contributed by atoms with E-state index in [0.29, 0.717) is 17.0 Å². The molecule has 29 heavy (non-hydrogen) atoms. The lowest BCUT2D eigenvalue weighted by molar-refractivity contribution is -0.138. The van der Waals surface area contributed by atoms with Gasteiger partial charge in [-0.3, -0.25) is 4.79 Å². The molecule has 2 heterocycles. The fourth-order valence-electron chi connectivity index (χ4n) is 3.99. The number of H-pyrrole nitrogens is 1. The van der Waals surface area contributed by atoms with E-state index < -0.39 is 5.97 Å². The number of benzene rings is 2. The standard InChI is InChI=1S/C23H25N3O3/c1-2-16-9-7-8-14-26(16)21(27)15-29-23(28)18-11-4-3-10-17(18)22-24-19-12-5-6-13-20(19)25-22/h3-6,10-13,16H,2,7-9,14-15H2,1H3,(H,24,25). The summed E-state index contributed by atoms with van der Waals surface area (Å²) >= 11 is 0. The van der Waals surface area contributed by atoms with Gasteiger partial charge in [0.05, 0.1) is 16.6 Å². The lowest BCUT2D eigenvalue weighted by Gasteiger charge is -2.35. The van der Waals surface area contributed by atoms with E-state index in [1.165, 1.54) is 0 Å². The molecule has 0 spiro atoms. The van der Waals surface area contributed by atoms with Crippen molar-refractivity contribution in [1.82, 2.24) is 14.9 Å². The number of para-hydroxylation sites is 2. The van der Waals surface area contributed by atoms with Crippen LogP contribution in [0.1, 0.15) is 43.0 Å². The minimum absolute atomic E-state index is 0.119. The number of likely N-dealkylation sites (tertiary alicyclic amines) is 1. The molecule has 1 amide bonds. The first-order chi connectivity index (χ1) is 14.2. The van der Waals surface area contributed by atoms with E-state index in [2.05, 4.69) is 16.9 Å². The average Bonchev–Trinajstić information content (AvgIpc) is 3.21. The van der Waals surface area contributed by atoms with Gasteiger partial charge >= 0.3 is 5.97 Å². The number of carbonyl (C=O) groups is 2. The van der Waals surface area contributed by atoms with Gasteiger partial charge in [-0.2, -0.15) is 0 Å². The van der Waals surface area contributed by atoms with Gasteiger partial charge in [-0.25, -0.2) is 9.78 Å². The van der Waals surface area contributed by atoms with Gasteiger partial charge in [-0.15, -0.1) is 0 Å². The number of piperidine rings is 1. The van der Waals surface area contributed by atoms with Gasteiger partial charge in [0, 0.05) is 18.2 Å². The lowest BCUT2D eigenvalue weighted by atomic mass is 10.00. The third-order valence-corrected chi connectivity index (χ3v) is 5.54. The van der Waals surface area contributed by atoms with Crippen LogP contribution in [0.3, 0.4) is 0 Å². The van der Waals surface area contributed by atoms with Crippen LogP contribution >= 0.6 is 0 Å². The van der Waals surface area contributed by atoms with Crippen LogP contribution in [-0.4, -0.2) is 45.9 Å². The highest BCUT2D eigenvalue weighted by atomic mass is 16.5. The van der Waals surface area contributed by atoms with E-state index in [4.69, 9.17) is 4.74 Å². The Morgan fingerprint density at radius 3 is 2.76 bits per heavy atom. The number of aromatic nitrogens is 2. The van der Waals surface area contributed by atoms with Gasteiger partial charge in [0.2, 0.25) is 0 Å². The molecule has 0 bridgehead atoms. The molecular formula is C23H25N3O3. The summed E-state index contributed by atoms with van der Waals surface area (Å²) in [6, 6.07) is 15.1. The maximum absolute atomic E-state index is 12.8. The number of nitrogens with zero attached hydrogens (tertiary/aromatic N) is 2. The maximum Gasteiger partial charge on any atom is 0.339 e. The molecule has 1 atom stereocenters. The second-order valence-corrected chi connectivity index (χ2v) is 7.37. The van der Waals surface area contributed by atoms with E-state index in [-0.39, 0.29) is 18.6 Å². The van der Waals surface area contributed by atoms with Crippen LogP contribution in [0.15, 0.2) is 48.5 Å². The van der Waals surface area contributed by atoms with Crippen molar-refractivity contribution in [2.45, 2.75) is 38.6 Å². The Morgan fingerprint density at radius 1 is 1.14 bits per heavy atom. The number of imidazole rings is 1. The molecule has 1 aliphatic heterocycles. The Balaban J connectivity index is 1.50. The number of nitrogens with one attached hydrogen (secondary N) is 1. The minimum Gasteiger partial charge on any atom is -0.452 e. The molecule has 6 heteroatoms. The quantitative estimate of drug-likeness (QED) is 0.662. The van der Waals surface area contributed by atoms with Crippen LogP contribution in [0.25, 0.3) is 22.4 Å². The zero-order valence-electron chi connectivity index (χ0n) is 16.6. The molecule has 2 aromatic carbocycles. The summed E-state index contributed by atoms with van der Waals surface area (Å²) in [4.78, 5) is 35.0. The summed E-state index contributed by atoms with van der Waals surface area (Å²) < 4.78 is 5.40. The SMILES string of the molecule is CCC1CCCCN1C(=O)COC(=O)c1ccccc1-c1nc2ccccc2[nH]1. The molecule has 1 fully saturated rings. The van der Waals surface area contributed by atoms with E-state index in [1.807, 2.05) is 41.3 Å². The number of ether oxygens (including phenoxy) is 1. The Kier molecular flexibility index (Phi) is 5.60. The smallest absolute Gasteiger partial charge is 0.339 e. The van der Waals surface area contributed by atoms with Crippen LogP contribution < -0.4 is 0 Å². The number of amides is 1. The molecule has 1 N–H and O–H groups in total. The van der Waals surface area contributed by atoms with Crippen molar-refractivity contribution >= 4 is 22.9 Å². The average molecular weight is 391 g/mol. The summed E-state index contributed by atoms with van der Waals surface area (Å²) in [6.07, 6.45) is 4.09. The van der Waals surface area contributed by atoms with E-state index in [9.17, 15) is 9.59 Å². The van der Waals surface area contributed by atoms with E-state index in [0.717, 1.165) is 43.3 Å². The molecule has 1 aromatic heterocycles. The molecule has 6 nitrogen and oxygen atoms in total. The molecule has 1 aliphatic rings. The summed E-state index contributed by atoms with van der Waals surface area (Å²) in [6.45, 7) is 2.60. The molecule has 4 rings (SSSR count). The van der Waals surface area contributed by atoms with Gasteiger partial charge < -0.3 is 14.6 Å². The molecule has 1 saturated heterocycles. The zero-order chi connectivity index (χ0) is 20.2. The fraction of sp³-hybridized carbons (Fsp3) is 0.348. The highest BCUT2D eigenvalue weighted by molar-refractivity contribution is 5.98. The third-order valence-electron chi connectivity index (χ3n) is 5.54. The predicted octanol–water partition coefficient (Wildman–Crippen LogP) is 4.18. The molecule has 0 aliphatic carbocycles. The number of esters is 1. The summed E-state index contributed by atoms with van der Waals surface area (Å²) in [7, 11) is 0. The van der Waals surface area contributed by atoms with Crippen molar-refractivity contribution in [1.29, 1.82) is 0 Å². The molecule has 0 saturated carbocycles. The van der Waals surface area contributed by atoms with Gasteiger partial charge in [0.1, 0.15) is 5.82 Å². The van der Waals surface area contributed by atoms with Crippen molar-refractivity contribution in [2.75, 3.05) is 13.2 Å². The van der Waals surface area contributed by atoms with Gasteiger partial charge in [-0.1, -0.05) is 37.3 Å². The topological polar surface area (TPSA) is 75.3 Å². The van der Waals surface area contributed by atoms with Crippen LogP contribution in [-0.2, 0) is 9.53 Å². The first kappa shape index (κ1) is 19.2. The van der Waals surface area contributed by atoms with Crippen molar-refractivity contribution in [3.8, 4) is 11.4 Å². The molecule has 0 radical (unpaired) electrons. The number of carbonyl (C=O) groups excluding carboxylic acids is 2. The van der Waals surface area contributed by atoms with Crippen molar-refractivity contribution in [3.05, 3.63) is 54.1 Å². The Bertz CT molecular complexity index is 994. The second kappa shape index (κ2) is 8.47. The molecule has 150 valence electrons. The zero-order valence-corrected chi connectivity index (χ0v) is 16.6. The number of aromatic amines is 1. The minimum atomic E-state index is -0.514. The summed E-state index contributed by atoms with van der Waals surface area (Å²) in [5.74, 6) is -0.0299. The van der Waals surface area contributed by atoms with Crippen LogP contribution in [0, 0.1) is 0 Å². The predicted molar refractivity (Wildman–Crippen MR) is 111 cm³/mol. The van der Waals surface area contributed by atoms with Crippen molar-refractivity contribution < 1.29 is 14.3 Å². The molecule has 3 aromatic rings. The monoisotopic (exact) mass is 391 g/mol. The highest BCUT2D eigenvalue weighted by Gasteiger charge is 2.26. The summed E-state index contributed by atoms with van der Waals surface area (Å²) in [5, 5.41) is 0. The molecular weight excluding hydrogens is 366 g/mol. The van der Waals surface area contributed by atoms with Gasteiger partial charge in [-0.05, 0) is 43.9 Å². The maximum atomic E-state index is 12.8. The first-order valence-corrected chi connectivity index (χ1v) is 10.2. The normalized spacial score (nSPS) is 16.7. The Morgan fingerprint density at radius 2 is 1.93 bits per heavy atom. The van der Waals surface area contributed by atoms with Gasteiger partial charge in [0.25, 0.3) is 5.91 Å². The number of hydrogen-bond donors (Lipinski definition) is 1. The van der Waals surface area contributed by atoms with E-state index >= 15 is 0 Å². The summed E-state index contributed by atoms with van der Waals surface area (Å²) in [5.41, 5.74) is 2.78. The largest absolute Gasteiger partial charge is 0.452 e. The van der Waals surface area contributed by atoms with E-state index in [1.54, 1.807) is 12.1 Å². The number of fused-ring (bicyclic) bond motifs is 1. The molecule has 1 unspecified atom stereocenters. The first-order valence-electron chi connectivity index (χ1n) is 10.2.